The summed E-state index contributed by atoms with van der Waals surface area (Å²) >= 11 is 0. The van der Waals surface area contributed by atoms with Gasteiger partial charge in [0.15, 0.2) is 0 Å². The molecule has 0 fully saturated rings. The van der Waals surface area contributed by atoms with Gasteiger partial charge < -0.3 is 10.1 Å². The molecular formula is C12H17N3O3. The maximum atomic E-state index is 10.9. The molecule has 0 radical (unpaired) electrons. The van der Waals surface area contributed by atoms with Crippen molar-refractivity contribution in [3.8, 4) is 6.07 Å². The fourth-order valence-corrected chi connectivity index (χ4v) is 1.74. The van der Waals surface area contributed by atoms with E-state index in [4.69, 9.17) is 10.00 Å². The molecule has 1 aliphatic carbocycles. The van der Waals surface area contributed by atoms with Crippen LogP contribution in [0.2, 0.25) is 0 Å². The van der Waals surface area contributed by atoms with Crippen molar-refractivity contribution in [2.75, 3.05) is 20.2 Å². The highest BCUT2D eigenvalue weighted by molar-refractivity contribution is 5.42. The van der Waals surface area contributed by atoms with Crippen LogP contribution in [0.15, 0.2) is 23.5 Å². The standard InChI is InChI=1S/C12H17N3O3/c1-9-6-10(8-13)12(7-11(9)15(16)17)18-5-3-4-14-2/h6-7,9,11,14H,3-5H2,1-2H3. The summed E-state index contributed by atoms with van der Waals surface area (Å²) in [5, 5.41) is 22.8. The number of nitrogens with one attached hydrogen (secondary N) is 1. The topological polar surface area (TPSA) is 88.2 Å². The second-order valence-corrected chi connectivity index (χ2v) is 4.16. The minimum atomic E-state index is -0.818. The molecule has 0 aromatic carbocycles. The molecule has 98 valence electrons. The van der Waals surface area contributed by atoms with Crippen molar-refractivity contribution < 1.29 is 9.66 Å². The predicted octanol–water partition coefficient (Wildman–Crippen LogP) is 1.24. The van der Waals surface area contributed by atoms with Gasteiger partial charge in [0.05, 0.1) is 12.2 Å². The van der Waals surface area contributed by atoms with Crippen LogP contribution < -0.4 is 5.32 Å². The lowest BCUT2D eigenvalue weighted by Crippen LogP contribution is -2.28. The molecule has 18 heavy (non-hydrogen) atoms. The van der Waals surface area contributed by atoms with E-state index in [1.807, 2.05) is 13.1 Å². The largest absolute Gasteiger partial charge is 0.492 e. The molecule has 0 bridgehead atoms. The number of hydrogen-bond donors (Lipinski definition) is 1. The molecule has 2 unspecified atom stereocenters. The minimum absolute atomic E-state index is 0.292. The van der Waals surface area contributed by atoms with Gasteiger partial charge in [-0.25, -0.2) is 0 Å². The van der Waals surface area contributed by atoms with Crippen LogP contribution in [0.4, 0.5) is 0 Å². The summed E-state index contributed by atoms with van der Waals surface area (Å²) in [6, 6.07) is 1.20. The van der Waals surface area contributed by atoms with E-state index in [1.54, 1.807) is 13.0 Å². The Bertz CT molecular complexity index is 409. The van der Waals surface area contributed by atoms with E-state index in [9.17, 15) is 10.1 Å². The van der Waals surface area contributed by atoms with Crippen LogP contribution in [0.1, 0.15) is 13.3 Å². The van der Waals surface area contributed by atoms with E-state index < -0.39 is 6.04 Å². The van der Waals surface area contributed by atoms with E-state index in [0.717, 1.165) is 13.0 Å². The molecule has 6 nitrogen and oxygen atoms in total. The summed E-state index contributed by atoms with van der Waals surface area (Å²) in [5.41, 5.74) is 0.380. The highest BCUT2D eigenvalue weighted by atomic mass is 16.6. The van der Waals surface area contributed by atoms with Crippen molar-refractivity contribution in [3.63, 3.8) is 0 Å². The van der Waals surface area contributed by atoms with Crippen LogP contribution in [0.25, 0.3) is 0 Å². The Hall–Kier alpha value is -1.87. The lowest BCUT2D eigenvalue weighted by molar-refractivity contribution is -0.516. The molecule has 6 heteroatoms. The van der Waals surface area contributed by atoms with Gasteiger partial charge >= 0.3 is 0 Å². The van der Waals surface area contributed by atoms with Crippen molar-refractivity contribution in [1.29, 1.82) is 5.26 Å². The van der Waals surface area contributed by atoms with Gasteiger partial charge in [0, 0.05) is 16.9 Å². The quantitative estimate of drug-likeness (QED) is 0.436. The molecule has 0 heterocycles. The van der Waals surface area contributed by atoms with Gasteiger partial charge in [-0.15, -0.1) is 0 Å². The summed E-state index contributed by atoms with van der Waals surface area (Å²) in [4.78, 5) is 10.5. The van der Waals surface area contributed by atoms with Gasteiger partial charge in [-0.1, -0.05) is 13.0 Å². The zero-order chi connectivity index (χ0) is 13.5. The first kappa shape index (κ1) is 14.2. The number of ether oxygens (including phenoxy) is 1. The summed E-state index contributed by atoms with van der Waals surface area (Å²) in [6.07, 6.45) is 3.81. The third kappa shape index (κ3) is 3.57. The van der Waals surface area contributed by atoms with E-state index in [0.29, 0.717) is 17.9 Å². The Morgan fingerprint density at radius 3 is 2.89 bits per heavy atom. The number of allylic oxidation sites excluding steroid dienone is 1. The Balaban J connectivity index is 2.72. The maximum Gasteiger partial charge on any atom is 0.241 e. The number of nitriles is 1. The zero-order valence-corrected chi connectivity index (χ0v) is 10.5. The first-order chi connectivity index (χ1) is 8.60. The zero-order valence-electron chi connectivity index (χ0n) is 10.5. The fraction of sp³-hybridized carbons (Fsp3) is 0.583. The Labute approximate surface area is 106 Å². The summed E-state index contributed by atoms with van der Waals surface area (Å²) in [6.45, 7) is 2.96. The second-order valence-electron chi connectivity index (χ2n) is 4.16. The van der Waals surface area contributed by atoms with E-state index in [2.05, 4.69) is 5.32 Å². The molecule has 1 N–H and O–H groups in total. The Morgan fingerprint density at radius 2 is 2.33 bits per heavy atom. The van der Waals surface area contributed by atoms with Gasteiger partial charge in [0.1, 0.15) is 11.8 Å². The van der Waals surface area contributed by atoms with Crippen molar-refractivity contribution in [2.45, 2.75) is 19.4 Å². The Morgan fingerprint density at radius 1 is 1.61 bits per heavy atom. The summed E-state index contributed by atoms with van der Waals surface area (Å²) in [7, 11) is 1.84. The van der Waals surface area contributed by atoms with Gasteiger partial charge in [0.2, 0.25) is 6.04 Å². The number of hydrogen-bond acceptors (Lipinski definition) is 5. The summed E-state index contributed by atoms with van der Waals surface area (Å²) < 4.78 is 5.44. The highest BCUT2D eigenvalue weighted by Gasteiger charge is 2.30. The van der Waals surface area contributed by atoms with Gasteiger partial charge in [-0.3, -0.25) is 10.1 Å². The molecule has 0 saturated heterocycles. The fourth-order valence-electron chi connectivity index (χ4n) is 1.74. The van der Waals surface area contributed by atoms with E-state index in [1.165, 1.54) is 6.08 Å². The lowest BCUT2D eigenvalue weighted by atomic mass is 9.92. The van der Waals surface area contributed by atoms with Crippen molar-refractivity contribution in [2.24, 2.45) is 5.92 Å². The smallest absolute Gasteiger partial charge is 0.241 e. The number of rotatable bonds is 6. The second kappa shape index (κ2) is 6.77. The Kier molecular flexibility index (Phi) is 5.33. The van der Waals surface area contributed by atoms with Crippen LogP contribution >= 0.6 is 0 Å². The third-order valence-electron chi connectivity index (χ3n) is 2.75. The number of nitro groups is 1. The molecule has 2 atom stereocenters. The average molecular weight is 251 g/mol. The highest BCUT2D eigenvalue weighted by Crippen LogP contribution is 2.25. The molecule has 1 rings (SSSR count). The van der Waals surface area contributed by atoms with Crippen LogP contribution in [-0.4, -0.2) is 31.2 Å². The van der Waals surface area contributed by atoms with Crippen LogP contribution in [0, 0.1) is 27.4 Å². The first-order valence-corrected chi connectivity index (χ1v) is 5.85. The SMILES string of the molecule is CNCCCOC1=CC([N+](=O)[O-])C(C)C=C1C#N. The summed E-state index contributed by atoms with van der Waals surface area (Å²) in [5.74, 6) is 0.0349. The van der Waals surface area contributed by atoms with E-state index in [-0.39, 0.29) is 10.8 Å². The van der Waals surface area contributed by atoms with Crippen molar-refractivity contribution in [3.05, 3.63) is 33.6 Å². The molecule has 0 aromatic rings. The molecule has 0 saturated carbocycles. The first-order valence-electron chi connectivity index (χ1n) is 5.85. The number of nitrogens with zero attached hydrogens (tertiary/aromatic N) is 2. The minimum Gasteiger partial charge on any atom is -0.492 e. The molecule has 1 aliphatic rings. The van der Waals surface area contributed by atoms with Crippen LogP contribution in [-0.2, 0) is 4.74 Å². The lowest BCUT2D eigenvalue weighted by Gasteiger charge is -2.19. The monoisotopic (exact) mass is 251 g/mol. The van der Waals surface area contributed by atoms with Gasteiger partial charge in [-0.05, 0) is 20.0 Å². The van der Waals surface area contributed by atoms with Crippen LogP contribution in [0.3, 0.4) is 0 Å². The van der Waals surface area contributed by atoms with E-state index >= 15 is 0 Å². The van der Waals surface area contributed by atoms with Crippen molar-refractivity contribution >= 4 is 0 Å². The normalized spacial score (nSPS) is 22.7. The van der Waals surface area contributed by atoms with Gasteiger partial charge in [-0.2, -0.15) is 5.26 Å². The van der Waals surface area contributed by atoms with Crippen molar-refractivity contribution in [1.82, 2.24) is 5.32 Å². The molecule has 0 aromatic heterocycles. The molecule has 0 spiro atoms. The predicted molar refractivity (Wildman–Crippen MR) is 66.2 cm³/mol. The third-order valence-corrected chi connectivity index (χ3v) is 2.75. The molecule has 0 amide bonds. The maximum absolute atomic E-state index is 10.9. The molecule has 0 aliphatic heterocycles. The van der Waals surface area contributed by atoms with Crippen LogP contribution in [0.5, 0.6) is 0 Å². The molecular weight excluding hydrogens is 234 g/mol. The van der Waals surface area contributed by atoms with Gasteiger partial charge in [0.25, 0.3) is 0 Å². The average Bonchev–Trinajstić information content (AvgIpc) is 2.35.